The van der Waals surface area contributed by atoms with E-state index in [2.05, 4.69) is 0 Å². The third-order valence-corrected chi connectivity index (χ3v) is 6.40. The zero-order chi connectivity index (χ0) is 26.6. The SMILES string of the molecule is COc1ccc(CC2c3cc(OC)c(OCc4ccccc4)cc3CCN2C(=O)C(F)(F)F)cc1OC. The predicted octanol–water partition coefficient (Wildman–Crippen LogP) is 5.52. The normalized spacial score (nSPS) is 15.1. The van der Waals surface area contributed by atoms with E-state index in [-0.39, 0.29) is 19.4 Å². The lowest BCUT2D eigenvalue weighted by Gasteiger charge is -2.38. The fraction of sp³-hybridized carbons (Fsp3) is 0.321. The fourth-order valence-electron chi connectivity index (χ4n) is 4.57. The molecule has 0 radical (unpaired) electrons. The molecule has 1 unspecified atom stereocenters. The number of hydrogen-bond acceptors (Lipinski definition) is 5. The summed E-state index contributed by atoms with van der Waals surface area (Å²) in [5.41, 5.74) is 3.05. The molecule has 37 heavy (non-hydrogen) atoms. The van der Waals surface area contributed by atoms with Gasteiger partial charge in [-0.1, -0.05) is 36.4 Å². The number of carbonyl (C=O) groups is 1. The van der Waals surface area contributed by atoms with Gasteiger partial charge in [-0.25, -0.2) is 0 Å². The van der Waals surface area contributed by atoms with Gasteiger partial charge in [-0.2, -0.15) is 13.2 Å². The number of rotatable bonds is 8. The molecule has 0 N–H and O–H groups in total. The first-order valence-electron chi connectivity index (χ1n) is 11.7. The van der Waals surface area contributed by atoms with Gasteiger partial charge in [0, 0.05) is 6.54 Å². The van der Waals surface area contributed by atoms with Crippen LogP contribution in [0.2, 0.25) is 0 Å². The summed E-state index contributed by atoms with van der Waals surface area (Å²) in [5.74, 6) is -0.0433. The van der Waals surface area contributed by atoms with Gasteiger partial charge in [-0.15, -0.1) is 0 Å². The van der Waals surface area contributed by atoms with Crippen molar-refractivity contribution in [3.05, 3.63) is 82.9 Å². The smallest absolute Gasteiger partial charge is 0.471 e. The highest BCUT2D eigenvalue weighted by molar-refractivity contribution is 5.82. The Kier molecular flexibility index (Phi) is 7.80. The summed E-state index contributed by atoms with van der Waals surface area (Å²) in [6.45, 7) is 0.234. The number of nitrogens with zero attached hydrogens (tertiary/aromatic N) is 1. The van der Waals surface area contributed by atoms with Crippen LogP contribution >= 0.6 is 0 Å². The number of methoxy groups -OCH3 is 3. The lowest BCUT2D eigenvalue weighted by Crippen LogP contribution is -2.47. The summed E-state index contributed by atoms with van der Waals surface area (Å²) in [7, 11) is 4.46. The van der Waals surface area contributed by atoms with E-state index in [9.17, 15) is 18.0 Å². The third-order valence-electron chi connectivity index (χ3n) is 6.40. The van der Waals surface area contributed by atoms with Crippen LogP contribution in [0.15, 0.2) is 60.7 Å². The summed E-state index contributed by atoms with van der Waals surface area (Å²) in [6.07, 6.45) is -4.59. The second-order valence-corrected chi connectivity index (χ2v) is 8.63. The zero-order valence-corrected chi connectivity index (χ0v) is 20.8. The number of hydrogen-bond donors (Lipinski definition) is 0. The van der Waals surface area contributed by atoms with E-state index < -0.39 is 18.1 Å². The summed E-state index contributed by atoms with van der Waals surface area (Å²) in [4.78, 5) is 13.3. The van der Waals surface area contributed by atoms with Gasteiger partial charge in [0.05, 0.1) is 27.4 Å². The quantitative estimate of drug-likeness (QED) is 0.395. The Morgan fingerprint density at radius 2 is 1.54 bits per heavy atom. The van der Waals surface area contributed by atoms with Gasteiger partial charge in [-0.3, -0.25) is 4.79 Å². The van der Waals surface area contributed by atoms with Crippen LogP contribution in [0.4, 0.5) is 13.2 Å². The molecular formula is C28H28F3NO5. The van der Waals surface area contributed by atoms with Gasteiger partial charge >= 0.3 is 12.1 Å². The number of halogens is 3. The highest BCUT2D eigenvalue weighted by Crippen LogP contribution is 2.42. The Labute approximate surface area is 213 Å². The molecule has 6 nitrogen and oxygen atoms in total. The summed E-state index contributed by atoms with van der Waals surface area (Å²) >= 11 is 0. The van der Waals surface area contributed by atoms with Crippen LogP contribution in [0.1, 0.15) is 28.3 Å². The molecular weight excluding hydrogens is 487 g/mol. The van der Waals surface area contributed by atoms with E-state index in [0.717, 1.165) is 16.0 Å². The molecule has 0 aromatic heterocycles. The van der Waals surface area contributed by atoms with Gasteiger partial charge in [0.1, 0.15) is 6.61 Å². The minimum atomic E-state index is -4.99. The van der Waals surface area contributed by atoms with E-state index >= 15 is 0 Å². The van der Waals surface area contributed by atoms with Gasteiger partial charge in [-0.05, 0) is 59.4 Å². The Bertz CT molecular complexity index is 1250. The van der Waals surface area contributed by atoms with E-state index in [0.29, 0.717) is 40.7 Å². The van der Waals surface area contributed by atoms with Crippen LogP contribution in [0, 0.1) is 0 Å². The van der Waals surface area contributed by atoms with Crippen molar-refractivity contribution in [2.24, 2.45) is 0 Å². The van der Waals surface area contributed by atoms with Crippen molar-refractivity contribution >= 4 is 5.91 Å². The molecule has 0 spiro atoms. The van der Waals surface area contributed by atoms with E-state index in [1.54, 1.807) is 30.3 Å². The molecule has 0 fully saturated rings. The van der Waals surface area contributed by atoms with Gasteiger partial charge in [0.25, 0.3) is 0 Å². The standard InChI is InChI=1S/C28H28F3NO5/c1-34-23-10-9-19(14-24(23)35-2)13-22-21-16-25(36-3)26(37-17-18-7-5-4-6-8-18)15-20(21)11-12-32(22)27(33)28(29,30)31/h4-10,14-16,22H,11-13,17H2,1-3H3. The van der Waals surface area contributed by atoms with E-state index in [1.165, 1.54) is 21.3 Å². The van der Waals surface area contributed by atoms with E-state index in [1.807, 2.05) is 30.3 Å². The zero-order valence-electron chi connectivity index (χ0n) is 20.8. The van der Waals surface area contributed by atoms with Crippen molar-refractivity contribution in [3.8, 4) is 23.0 Å². The Balaban J connectivity index is 1.71. The molecule has 0 saturated heterocycles. The average Bonchev–Trinajstić information content (AvgIpc) is 2.91. The molecule has 1 aliphatic heterocycles. The average molecular weight is 516 g/mol. The summed E-state index contributed by atoms with van der Waals surface area (Å²) < 4.78 is 62.8. The Morgan fingerprint density at radius 1 is 0.865 bits per heavy atom. The molecule has 196 valence electrons. The van der Waals surface area contributed by atoms with Crippen molar-refractivity contribution in [1.29, 1.82) is 0 Å². The largest absolute Gasteiger partial charge is 0.493 e. The van der Waals surface area contributed by atoms with Gasteiger partial charge in [0.2, 0.25) is 0 Å². The highest BCUT2D eigenvalue weighted by atomic mass is 19.4. The number of fused-ring (bicyclic) bond motifs is 1. The first-order chi connectivity index (χ1) is 17.7. The number of carbonyl (C=O) groups excluding carboxylic acids is 1. The molecule has 0 bridgehead atoms. The first-order valence-corrected chi connectivity index (χ1v) is 11.7. The Morgan fingerprint density at radius 3 is 2.19 bits per heavy atom. The van der Waals surface area contributed by atoms with Crippen molar-refractivity contribution < 1.29 is 36.9 Å². The number of benzene rings is 3. The number of alkyl halides is 3. The summed E-state index contributed by atoms with van der Waals surface area (Å²) in [5, 5.41) is 0. The molecule has 0 aliphatic carbocycles. The lowest BCUT2D eigenvalue weighted by atomic mass is 9.88. The topological polar surface area (TPSA) is 57.2 Å². The Hall–Kier alpha value is -3.88. The molecule has 9 heteroatoms. The molecule has 1 aliphatic rings. The third kappa shape index (κ3) is 5.76. The predicted molar refractivity (Wildman–Crippen MR) is 131 cm³/mol. The van der Waals surface area contributed by atoms with Gasteiger partial charge < -0.3 is 23.8 Å². The highest BCUT2D eigenvalue weighted by Gasteiger charge is 2.46. The molecule has 4 rings (SSSR count). The maximum Gasteiger partial charge on any atom is 0.471 e. The van der Waals surface area contributed by atoms with Crippen LogP contribution < -0.4 is 18.9 Å². The second kappa shape index (κ2) is 11.0. The molecule has 3 aromatic carbocycles. The first kappa shape index (κ1) is 26.2. The molecule has 1 atom stereocenters. The minimum absolute atomic E-state index is 0.0756. The number of amides is 1. The minimum Gasteiger partial charge on any atom is -0.493 e. The number of ether oxygens (including phenoxy) is 4. The molecule has 1 amide bonds. The van der Waals surface area contributed by atoms with Crippen LogP contribution in [0.3, 0.4) is 0 Å². The van der Waals surface area contributed by atoms with Crippen molar-refractivity contribution in [3.63, 3.8) is 0 Å². The van der Waals surface area contributed by atoms with Crippen molar-refractivity contribution in [2.45, 2.75) is 31.7 Å². The maximum atomic E-state index is 13.5. The van der Waals surface area contributed by atoms with Crippen LogP contribution in [-0.4, -0.2) is 44.9 Å². The van der Waals surface area contributed by atoms with Crippen LogP contribution in [0.5, 0.6) is 23.0 Å². The van der Waals surface area contributed by atoms with Crippen molar-refractivity contribution in [1.82, 2.24) is 4.90 Å². The second-order valence-electron chi connectivity index (χ2n) is 8.63. The van der Waals surface area contributed by atoms with Crippen LogP contribution in [-0.2, 0) is 24.2 Å². The lowest BCUT2D eigenvalue weighted by molar-refractivity contribution is -0.188. The maximum absolute atomic E-state index is 13.5. The fourth-order valence-corrected chi connectivity index (χ4v) is 4.57. The van der Waals surface area contributed by atoms with E-state index in [4.69, 9.17) is 18.9 Å². The van der Waals surface area contributed by atoms with Crippen molar-refractivity contribution in [2.75, 3.05) is 27.9 Å². The summed E-state index contributed by atoms with van der Waals surface area (Å²) in [6, 6.07) is 17.4. The monoisotopic (exact) mass is 515 g/mol. The van der Waals surface area contributed by atoms with Crippen LogP contribution in [0.25, 0.3) is 0 Å². The molecule has 3 aromatic rings. The molecule has 0 saturated carbocycles. The van der Waals surface area contributed by atoms with Gasteiger partial charge in [0.15, 0.2) is 23.0 Å². The molecule has 1 heterocycles.